The van der Waals surface area contributed by atoms with Crippen molar-refractivity contribution in [2.75, 3.05) is 26.7 Å². The van der Waals surface area contributed by atoms with E-state index in [4.69, 9.17) is 9.52 Å². The summed E-state index contributed by atoms with van der Waals surface area (Å²) in [7, 11) is 2.14. The Kier molecular flexibility index (Phi) is 3.61. The first-order valence-electron chi connectivity index (χ1n) is 5.95. The normalized spacial score (nSPS) is 21.2. The third-order valence-corrected chi connectivity index (χ3v) is 3.37. The summed E-state index contributed by atoms with van der Waals surface area (Å²) in [5, 5.41) is 9.05. The van der Waals surface area contributed by atoms with Crippen molar-refractivity contribution in [2.45, 2.75) is 31.6 Å². The van der Waals surface area contributed by atoms with Gasteiger partial charge in [-0.3, -0.25) is 0 Å². The molecule has 1 saturated heterocycles. The molecule has 0 aromatic carbocycles. The number of hydrogen-bond acceptors (Lipinski definition) is 4. The molecule has 1 N–H and O–H groups in total. The van der Waals surface area contributed by atoms with Crippen LogP contribution in [-0.4, -0.2) is 41.7 Å². The van der Waals surface area contributed by atoms with Gasteiger partial charge in [-0.25, -0.2) is 4.98 Å². The lowest BCUT2D eigenvalue weighted by atomic mass is 9.97. The summed E-state index contributed by atoms with van der Waals surface area (Å²) in [6.45, 7) is 4.27. The fourth-order valence-electron chi connectivity index (χ4n) is 2.06. The average Bonchev–Trinajstić information content (AvgIpc) is 2.78. The quantitative estimate of drug-likeness (QED) is 0.847. The highest BCUT2D eigenvalue weighted by atomic mass is 16.4. The van der Waals surface area contributed by atoms with Crippen LogP contribution in [0, 0.1) is 0 Å². The molecule has 1 aromatic rings. The number of likely N-dealkylation sites (tertiary alicyclic amines) is 1. The highest BCUT2D eigenvalue weighted by Gasteiger charge is 2.23. The van der Waals surface area contributed by atoms with Crippen molar-refractivity contribution >= 4 is 0 Å². The van der Waals surface area contributed by atoms with Crippen molar-refractivity contribution < 1.29 is 9.52 Å². The summed E-state index contributed by atoms with van der Waals surface area (Å²) in [5.41, 5.74) is 0. The summed E-state index contributed by atoms with van der Waals surface area (Å²) < 4.78 is 5.72. The fourth-order valence-corrected chi connectivity index (χ4v) is 2.06. The van der Waals surface area contributed by atoms with Gasteiger partial charge >= 0.3 is 0 Å². The fraction of sp³-hybridized carbons (Fsp3) is 0.750. The zero-order chi connectivity index (χ0) is 11.5. The lowest BCUT2D eigenvalue weighted by molar-refractivity contribution is 0.227. The van der Waals surface area contributed by atoms with Gasteiger partial charge in [0.1, 0.15) is 5.76 Å². The summed E-state index contributed by atoms with van der Waals surface area (Å²) in [4.78, 5) is 6.67. The molecule has 16 heavy (non-hydrogen) atoms. The molecule has 0 radical (unpaired) electrons. The summed E-state index contributed by atoms with van der Waals surface area (Å²) in [6.07, 6.45) is 3.99. The molecule has 0 spiro atoms. The van der Waals surface area contributed by atoms with E-state index in [-0.39, 0.29) is 12.5 Å². The molecule has 4 heteroatoms. The van der Waals surface area contributed by atoms with E-state index in [1.807, 2.05) is 6.92 Å². The molecule has 2 heterocycles. The second-order valence-electron chi connectivity index (χ2n) is 4.76. The van der Waals surface area contributed by atoms with Crippen LogP contribution in [-0.2, 0) is 0 Å². The molecule has 1 atom stereocenters. The topological polar surface area (TPSA) is 49.5 Å². The van der Waals surface area contributed by atoms with Gasteiger partial charge in [-0.05, 0) is 33.0 Å². The Morgan fingerprint density at radius 1 is 1.56 bits per heavy atom. The van der Waals surface area contributed by atoms with Crippen molar-refractivity contribution in [1.82, 2.24) is 9.88 Å². The molecule has 0 aliphatic carbocycles. The first kappa shape index (κ1) is 11.6. The van der Waals surface area contributed by atoms with Crippen LogP contribution in [0.4, 0.5) is 0 Å². The number of aliphatic hydroxyl groups is 1. The minimum absolute atomic E-state index is 0.0486. The molecule has 0 saturated carbocycles. The van der Waals surface area contributed by atoms with Crippen LogP contribution < -0.4 is 0 Å². The third-order valence-electron chi connectivity index (χ3n) is 3.37. The van der Waals surface area contributed by atoms with E-state index in [9.17, 15) is 0 Å². The van der Waals surface area contributed by atoms with Gasteiger partial charge in [0.2, 0.25) is 0 Å². The van der Waals surface area contributed by atoms with Crippen molar-refractivity contribution in [1.29, 1.82) is 0 Å². The van der Waals surface area contributed by atoms with Gasteiger partial charge in [0.25, 0.3) is 0 Å². The van der Waals surface area contributed by atoms with Crippen LogP contribution in [0.5, 0.6) is 0 Å². The SMILES string of the molecule is CC(CO)c1cnc(C2CCN(C)CC2)o1. The van der Waals surface area contributed by atoms with Crippen molar-refractivity contribution in [2.24, 2.45) is 0 Å². The van der Waals surface area contributed by atoms with Crippen LogP contribution in [0.1, 0.15) is 43.3 Å². The summed E-state index contributed by atoms with van der Waals surface area (Å²) >= 11 is 0. The highest BCUT2D eigenvalue weighted by molar-refractivity contribution is 5.04. The molecule has 4 nitrogen and oxygen atoms in total. The van der Waals surface area contributed by atoms with E-state index in [2.05, 4.69) is 16.9 Å². The van der Waals surface area contributed by atoms with Gasteiger partial charge in [-0.2, -0.15) is 0 Å². The van der Waals surface area contributed by atoms with Gasteiger partial charge in [0.05, 0.1) is 12.8 Å². The molecular formula is C12H20N2O2. The molecule has 90 valence electrons. The second kappa shape index (κ2) is 4.97. The smallest absolute Gasteiger partial charge is 0.197 e. The molecule has 1 fully saturated rings. The van der Waals surface area contributed by atoms with E-state index in [1.54, 1.807) is 6.20 Å². The van der Waals surface area contributed by atoms with Gasteiger partial charge in [-0.15, -0.1) is 0 Å². The van der Waals surface area contributed by atoms with Crippen LogP contribution in [0.3, 0.4) is 0 Å². The Morgan fingerprint density at radius 2 is 2.25 bits per heavy atom. The standard InChI is InChI=1S/C12H20N2O2/c1-9(8-15)11-7-13-12(16-11)10-3-5-14(2)6-4-10/h7,9-10,15H,3-6,8H2,1-2H3. The number of rotatable bonds is 3. The molecule has 0 amide bonds. The lowest BCUT2D eigenvalue weighted by Gasteiger charge is -2.26. The van der Waals surface area contributed by atoms with Crippen LogP contribution in [0.15, 0.2) is 10.6 Å². The third kappa shape index (κ3) is 2.44. The van der Waals surface area contributed by atoms with Gasteiger partial charge in [0.15, 0.2) is 5.89 Å². The predicted octanol–water partition coefficient (Wildman–Crippen LogP) is 1.58. The molecule has 1 aliphatic heterocycles. The summed E-state index contributed by atoms with van der Waals surface area (Å²) in [6, 6.07) is 0. The molecule has 2 rings (SSSR count). The molecule has 1 aliphatic rings. The molecular weight excluding hydrogens is 204 g/mol. The Morgan fingerprint density at radius 3 is 2.88 bits per heavy atom. The number of piperidine rings is 1. The van der Waals surface area contributed by atoms with Crippen molar-refractivity contribution in [3.63, 3.8) is 0 Å². The Labute approximate surface area is 96.3 Å². The molecule has 0 bridgehead atoms. The Bertz CT molecular complexity index is 330. The maximum Gasteiger partial charge on any atom is 0.197 e. The summed E-state index contributed by atoms with van der Waals surface area (Å²) in [5.74, 6) is 2.16. The Balaban J connectivity index is 2.01. The molecule has 1 unspecified atom stereocenters. The molecule has 1 aromatic heterocycles. The maximum absolute atomic E-state index is 9.05. The lowest BCUT2D eigenvalue weighted by Crippen LogP contribution is -2.29. The first-order valence-corrected chi connectivity index (χ1v) is 5.95. The van der Waals surface area contributed by atoms with Gasteiger partial charge < -0.3 is 14.4 Å². The monoisotopic (exact) mass is 224 g/mol. The van der Waals surface area contributed by atoms with E-state index in [0.717, 1.165) is 37.6 Å². The zero-order valence-corrected chi connectivity index (χ0v) is 10.0. The van der Waals surface area contributed by atoms with E-state index in [1.165, 1.54) is 0 Å². The van der Waals surface area contributed by atoms with Gasteiger partial charge in [-0.1, -0.05) is 6.92 Å². The van der Waals surface area contributed by atoms with Gasteiger partial charge in [0, 0.05) is 11.8 Å². The van der Waals surface area contributed by atoms with E-state index in [0.29, 0.717) is 5.92 Å². The number of oxazole rings is 1. The predicted molar refractivity (Wildman–Crippen MR) is 61.5 cm³/mol. The minimum Gasteiger partial charge on any atom is -0.445 e. The zero-order valence-electron chi connectivity index (χ0n) is 10.0. The van der Waals surface area contributed by atoms with Crippen molar-refractivity contribution in [3.8, 4) is 0 Å². The van der Waals surface area contributed by atoms with E-state index >= 15 is 0 Å². The second-order valence-corrected chi connectivity index (χ2v) is 4.76. The number of aliphatic hydroxyl groups excluding tert-OH is 1. The first-order chi connectivity index (χ1) is 7.70. The number of aromatic nitrogens is 1. The minimum atomic E-state index is 0.0486. The van der Waals surface area contributed by atoms with Crippen LogP contribution >= 0.6 is 0 Å². The average molecular weight is 224 g/mol. The van der Waals surface area contributed by atoms with Crippen molar-refractivity contribution in [3.05, 3.63) is 17.8 Å². The number of nitrogens with zero attached hydrogens (tertiary/aromatic N) is 2. The Hall–Kier alpha value is -0.870. The van der Waals surface area contributed by atoms with Crippen LogP contribution in [0.25, 0.3) is 0 Å². The highest BCUT2D eigenvalue weighted by Crippen LogP contribution is 2.28. The van der Waals surface area contributed by atoms with E-state index < -0.39 is 0 Å². The largest absolute Gasteiger partial charge is 0.445 e. The maximum atomic E-state index is 9.05. The van der Waals surface area contributed by atoms with Crippen LogP contribution in [0.2, 0.25) is 0 Å². The number of hydrogen-bond donors (Lipinski definition) is 1.